The van der Waals surface area contributed by atoms with E-state index < -0.39 is 5.54 Å². The van der Waals surface area contributed by atoms with Crippen LogP contribution in [0.5, 0.6) is 5.75 Å². The van der Waals surface area contributed by atoms with Crippen molar-refractivity contribution in [3.8, 4) is 5.75 Å². The van der Waals surface area contributed by atoms with Gasteiger partial charge in [0.25, 0.3) is 5.91 Å². The second kappa shape index (κ2) is 13.4. The Bertz CT molecular complexity index is 1150. The van der Waals surface area contributed by atoms with Crippen LogP contribution in [0.15, 0.2) is 54.6 Å². The molecule has 1 saturated carbocycles. The summed E-state index contributed by atoms with van der Waals surface area (Å²) in [5.41, 5.74) is 1.13. The van der Waals surface area contributed by atoms with Crippen molar-refractivity contribution in [2.45, 2.75) is 69.1 Å². The fourth-order valence-corrected chi connectivity index (χ4v) is 6.01. The molecule has 2 aromatic carbocycles. The molecular formula is C30H40ClN5O4. The lowest BCUT2D eigenvalue weighted by Gasteiger charge is -2.37. The molecule has 3 fully saturated rings. The van der Waals surface area contributed by atoms with Crippen LogP contribution in [0, 0.1) is 0 Å². The van der Waals surface area contributed by atoms with Gasteiger partial charge in [-0.3, -0.25) is 9.69 Å². The molecule has 3 N–H and O–H groups in total. The third-order valence-electron chi connectivity index (χ3n) is 8.39. The van der Waals surface area contributed by atoms with Gasteiger partial charge in [0.05, 0.1) is 19.7 Å². The number of benzene rings is 2. The average molecular weight is 570 g/mol. The fourth-order valence-electron chi connectivity index (χ4n) is 6.01. The molecule has 1 spiro atoms. The maximum atomic E-state index is 13.4. The minimum atomic E-state index is -0.835. The number of carbonyl (C=O) groups excluding carboxylic acids is 3. The molecule has 1 aliphatic carbocycles. The summed E-state index contributed by atoms with van der Waals surface area (Å²) >= 11 is 0. The zero-order valence-electron chi connectivity index (χ0n) is 23.1. The molecule has 2 aliphatic heterocycles. The highest BCUT2D eigenvalue weighted by molar-refractivity contribution is 6.07. The van der Waals surface area contributed by atoms with Gasteiger partial charge in [0.2, 0.25) is 0 Å². The van der Waals surface area contributed by atoms with E-state index in [1.807, 2.05) is 42.5 Å². The van der Waals surface area contributed by atoms with Crippen molar-refractivity contribution in [1.82, 2.24) is 25.8 Å². The van der Waals surface area contributed by atoms with Crippen molar-refractivity contribution in [3.63, 3.8) is 0 Å². The topological polar surface area (TPSA) is 103 Å². The molecule has 3 aliphatic rings. The summed E-state index contributed by atoms with van der Waals surface area (Å²) in [5.74, 6) is 0.592. The smallest absolute Gasteiger partial charge is 0.325 e. The van der Waals surface area contributed by atoms with Crippen LogP contribution >= 0.6 is 12.4 Å². The van der Waals surface area contributed by atoms with E-state index in [1.165, 1.54) is 17.7 Å². The van der Waals surface area contributed by atoms with Crippen molar-refractivity contribution in [2.24, 2.45) is 0 Å². The number of nitrogens with zero attached hydrogens (tertiary/aromatic N) is 2. The summed E-state index contributed by atoms with van der Waals surface area (Å²) in [6.45, 7) is 2.45. The number of amides is 5. The summed E-state index contributed by atoms with van der Waals surface area (Å²) in [6.07, 6.45) is 6.35. The van der Waals surface area contributed by atoms with E-state index in [0.29, 0.717) is 25.9 Å². The number of rotatable bonds is 9. The first-order chi connectivity index (χ1) is 19.0. The molecule has 0 unspecified atom stereocenters. The van der Waals surface area contributed by atoms with E-state index in [9.17, 15) is 14.4 Å². The summed E-state index contributed by atoms with van der Waals surface area (Å²) in [5, 5.41) is 9.33. The number of hydrogen-bond donors (Lipinski definition) is 3. The zero-order valence-corrected chi connectivity index (χ0v) is 23.9. The number of likely N-dealkylation sites (tertiary alicyclic amines) is 1. The number of hydrogen-bond acceptors (Lipinski definition) is 5. The predicted octanol–water partition coefficient (Wildman–Crippen LogP) is 4.38. The Morgan fingerprint density at radius 3 is 2.38 bits per heavy atom. The molecule has 40 heavy (non-hydrogen) atoms. The van der Waals surface area contributed by atoms with Crippen LogP contribution < -0.4 is 20.7 Å². The second-order valence-electron chi connectivity index (χ2n) is 10.9. The maximum Gasteiger partial charge on any atom is 0.325 e. The summed E-state index contributed by atoms with van der Waals surface area (Å²) in [7, 11) is 1.61. The Labute approximate surface area is 242 Å². The van der Waals surface area contributed by atoms with E-state index in [2.05, 4.69) is 33.0 Å². The number of nitrogens with one attached hydrogen (secondary N) is 3. The van der Waals surface area contributed by atoms with Crippen molar-refractivity contribution >= 4 is 30.4 Å². The molecule has 0 aromatic heterocycles. The fraction of sp³-hybridized carbons (Fsp3) is 0.500. The lowest BCUT2D eigenvalue weighted by atomic mass is 9.87. The van der Waals surface area contributed by atoms with Gasteiger partial charge < -0.3 is 25.6 Å². The highest BCUT2D eigenvalue weighted by Gasteiger charge is 2.52. The molecule has 2 saturated heterocycles. The van der Waals surface area contributed by atoms with Crippen molar-refractivity contribution in [1.29, 1.82) is 0 Å². The Morgan fingerprint density at radius 2 is 1.73 bits per heavy atom. The zero-order chi connectivity index (χ0) is 27.2. The van der Waals surface area contributed by atoms with Gasteiger partial charge in [-0.2, -0.15) is 0 Å². The minimum absolute atomic E-state index is 0. The molecule has 2 aromatic rings. The van der Waals surface area contributed by atoms with Gasteiger partial charge in [0.15, 0.2) is 0 Å². The average Bonchev–Trinajstić information content (AvgIpc) is 3.55. The normalized spacial score (nSPS) is 19.7. The first-order valence-corrected chi connectivity index (χ1v) is 14.1. The molecule has 10 heteroatoms. The number of imide groups is 1. The number of piperidine rings is 1. The monoisotopic (exact) mass is 569 g/mol. The van der Waals surface area contributed by atoms with Crippen LogP contribution in [-0.4, -0.2) is 66.1 Å². The molecule has 5 amide bonds. The van der Waals surface area contributed by atoms with Crippen molar-refractivity contribution in [2.75, 3.05) is 26.7 Å². The molecule has 5 rings (SSSR count). The molecule has 216 valence electrons. The van der Waals surface area contributed by atoms with Gasteiger partial charge in [-0.25, -0.2) is 9.59 Å². The lowest BCUT2D eigenvalue weighted by Crippen LogP contribution is -2.55. The van der Waals surface area contributed by atoms with Gasteiger partial charge in [-0.1, -0.05) is 55.3 Å². The van der Waals surface area contributed by atoms with Crippen LogP contribution in [0.1, 0.15) is 62.1 Å². The van der Waals surface area contributed by atoms with Crippen LogP contribution in [0.3, 0.4) is 0 Å². The van der Waals surface area contributed by atoms with E-state index in [-0.39, 0.29) is 49.0 Å². The SMILES string of the molecule is COc1ccc(CN2C(=O)NC3(CCN(CC[C@H](NC(=O)NC4CCCC4)c4ccccc4)CC3)C2=O)cc1.Cl. The minimum Gasteiger partial charge on any atom is -0.497 e. The highest BCUT2D eigenvalue weighted by atomic mass is 35.5. The number of urea groups is 2. The largest absolute Gasteiger partial charge is 0.497 e. The Hall–Kier alpha value is -3.30. The molecule has 9 nitrogen and oxygen atoms in total. The number of ether oxygens (including phenoxy) is 1. The van der Waals surface area contributed by atoms with Crippen LogP contribution in [0.4, 0.5) is 9.59 Å². The van der Waals surface area contributed by atoms with E-state index in [0.717, 1.165) is 42.7 Å². The quantitative estimate of drug-likeness (QED) is 0.389. The first kappa shape index (κ1) is 29.7. The predicted molar refractivity (Wildman–Crippen MR) is 155 cm³/mol. The molecule has 1 atom stereocenters. The van der Waals surface area contributed by atoms with Crippen LogP contribution in [0.2, 0.25) is 0 Å². The van der Waals surface area contributed by atoms with Gasteiger partial charge >= 0.3 is 12.1 Å². The van der Waals surface area contributed by atoms with E-state index >= 15 is 0 Å². The number of carbonyl (C=O) groups is 3. The summed E-state index contributed by atoms with van der Waals surface area (Å²) in [4.78, 5) is 42.6. The molecule has 0 bridgehead atoms. The number of methoxy groups -OCH3 is 1. The maximum absolute atomic E-state index is 13.4. The Morgan fingerprint density at radius 1 is 1.05 bits per heavy atom. The summed E-state index contributed by atoms with van der Waals surface area (Å²) < 4.78 is 5.20. The summed E-state index contributed by atoms with van der Waals surface area (Å²) in [6, 6.07) is 17.2. The van der Waals surface area contributed by atoms with Crippen LogP contribution in [-0.2, 0) is 11.3 Å². The van der Waals surface area contributed by atoms with Gasteiger partial charge in [-0.15, -0.1) is 12.4 Å². The van der Waals surface area contributed by atoms with Crippen LogP contribution in [0.25, 0.3) is 0 Å². The van der Waals surface area contributed by atoms with Gasteiger partial charge in [-0.05, 0) is 55.4 Å². The standard InChI is InChI=1S/C30H39N5O4.ClH/c1-39-25-13-11-22(12-14-25)21-35-27(36)30(33-29(35)38)16-19-34(20-17-30)18-15-26(23-7-3-2-4-8-23)32-28(37)31-24-9-5-6-10-24;/h2-4,7-8,11-14,24,26H,5-6,9-10,15-21H2,1H3,(H,33,38)(H2,31,32,37);1H/t26-;/m0./s1. The molecular weight excluding hydrogens is 530 g/mol. The van der Waals surface area contributed by atoms with E-state index in [4.69, 9.17) is 4.74 Å². The second-order valence-corrected chi connectivity index (χ2v) is 10.9. The Balaban J connectivity index is 0.00000370. The molecule has 0 radical (unpaired) electrons. The molecule has 2 heterocycles. The lowest BCUT2D eigenvalue weighted by molar-refractivity contribution is -0.133. The van der Waals surface area contributed by atoms with Crippen molar-refractivity contribution < 1.29 is 19.1 Å². The third-order valence-corrected chi connectivity index (χ3v) is 8.39. The third kappa shape index (κ3) is 6.88. The highest BCUT2D eigenvalue weighted by Crippen LogP contribution is 2.31. The number of halogens is 1. The van der Waals surface area contributed by atoms with Gasteiger partial charge in [0, 0.05) is 25.7 Å². The van der Waals surface area contributed by atoms with Crippen molar-refractivity contribution in [3.05, 3.63) is 65.7 Å². The van der Waals surface area contributed by atoms with E-state index in [1.54, 1.807) is 7.11 Å². The first-order valence-electron chi connectivity index (χ1n) is 14.1. The Kier molecular flexibility index (Phi) is 9.92. The van der Waals surface area contributed by atoms with Gasteiger partial charge in [0.1, 0.15) is 11.3 Å².